The molecule has 1 atom stereocenters. The molecule has 0 saturated carbocycles. The van der Waals surface area contributed by atoms with Crippen LogP contribution in [0.2, 0.25) is 0 Å². The van der Waals surface area contributed by atoms with Crippen molar-refractivity contribution >= 4 is 33.2 Å². The van der Waals surface area contributed by atoms with Crippen LogP contribution in [0, 0.1) is 0 Å². The standard InChI is InChI=1S/C23H23N3O4S/c1-16(17-8-4-3-5-9-17)24-23(28)20-10-6-7-11-21(20)25-22(27)18-12-14-19(15-13-18)26-31(2,29)30/h3-16,26H,1-2H3,(H,24,28)(H,25,27)/t16-/m1/s1. The van der Waals surface area contributed by atoms with Crippen LogP contribution in [0.3, 0.4) is 0 Å². The van der Waals surface area contributed by atoms with Crippen LogP contribution in [0.25, 0.3) is 0 Å². The fraction of sp³-hybridized carbons (Fsp3) is 0.130. The smallest absolute Gasteiger partial charge is 0.255 e. The molecular formula is C23H23N3O4S. The number of sulfonamides is 1. The minimum absolute atomic E-state index is 0.202. The number of hydrogen-bond donors (Lipinski definition) is 3. The lowest BCUT2D eigenvalue weighted by molar-refractivity contribution is 0.0940. The molecule has 7 nitrogen and oxygen atoms in total. The van der Waals surface area contributed by atoms with E-state index in [-0.39, 0.29) is 11.9 Å². The normalized spacial score (nSPS) is 11.9. The Morgan fingerprint density at radius 1 is 0.806 bits per heavy atom. The molecule has 3 aromatic carbocycles. The average Bonchev–Trinajstić information content (AvgIpc) is 2.74. The third-order valence-corrected chi connectivity index (χ3v) is 5.12. The molecular weight excluding hydrogens is 414 g/mol. The summed E-state index contributed by atoms with van der Waals surface area (Å²) in [4.78, 5) is 25.5. The van der Waals surface area contributed by atoms with Gasteiger partial charge in [-0.05, 0) is 48.9 Å². The van der Waals surface area contributed by atoms with Crippen molar-refractivity contribution in [2.75, 3.05) is 16.3 Å². The van der Waals surface area contributed by atoms with Gasteiger partial charge in [0.2, 0.25) is 10.0 Å². The Kier molecular flexibility index (Phi) is 6.71. The first-order chi connectivity index (χ1) is 14.7. The van der Waals surface area contributed by atoms with Gasteiger partial charge in [-0.1, -0.05) is 42.5 Å². The Morgan fingerprint density at radius 2 is 1.42 bits per heavy atom. The molecule has 0 saturated heterocycles. The Hall–Kier alpha value is -3.65. The molecule has 0 fully saturated rings. The quantitative estimate of drug-likeness (QED) is 0.523. The molecule has 3 N–H and O–H groups in total. The highest BCUT2D eigenvalue weighted by atomic mass is 32.2. The third kappa shape index (κ3) is 6.16. The molecule has 0 bridgehead atoms. The number of carbonyl (C=O) groups excluding carboxylic acids is 2. The van der Waals surface area contributed by atoms with Crippen molar-refractivity contribution in [3.8, 4) is 0 Å². The van der Waals surface area contributed by atoms with Crippen LogP contribution in [0.1, 0.15) is 39.2 Å². The summed E-state index contributed by atoms with van der Waals surface area (Å²) in [5, 5.41) is 5.69. The number of hydrogen-bond acceptors (Lipinski definition) is 4. The maximum absolute atomic E-state index is 12.8. The molecule has 0 aliphatic heterocycles. The van der Waals surface area contributed by atoms with Crippen molar-refractivity contribution in [1.29, 1.82) is 0 Å². The third-order valence-electron chi connectivity index (χ3n) is 4.52. The highest BCUT2D eigenvalue weighted by Gasteiger charge is 2.16. The lowest BCUT2D eigenvalue weighted by atomic mass is 10.1. The van der Waals surface area contributed by atoms with Gasteiger partial charge in [0.1, 0.15) is 0 Å². The Balaban J connectivity index is 1.72. The average molecular weight is 438 g/mol. The molecule has 8 heteroatoms. The maximum Gasteiger partial charge on any atom is 0.255 e. The summed E-state index contributed by atoms with van der Waals surface area (Å²) in [5.41, 5.74) is 2.37. The first-order valence-electron chi connectivity index (χ1n) is 9.57. The predicted octanol–water partition coefficient (Wildman–Crippen LogP) is 3.80. The SMILES string of the molecule is C[C@@H](NC(=O)c1ccccc1NC(=O)c1ccc(NS(C)(=O)=O)cc1)c1ccccc1. The van der Waals surface area contributed by atoms with Crippen LogP contribution in [-0.2, 0) is 10.0 Å². The van der Waals surface area contributed by atoms with E-state index in [2.05, 4.69) is 15.4 Å². The van der Waals surface area contributed by atoms with E-state index in [0.29, 0.717) is 22.5 Å². The highest BCUT2D eigenvalue weighted by molar-refractivity contribution is 7.92. The zero-order chi connectivity index (χ0) is 22.4. The van der Waals surface area contributed by atoms with E-state index < -0.39 is 15.9 Å². The van der Waals surface area contributed by atoms with Crippen molar-refractivity contribution in [2.24, 2.45) is 0 Å². The van der Waals surface area contributed by atoms with Gasteiger partial charge in [0, 0.05) is 11.3 Å². The second-order valence-corrected chi connectivity index (χ2v) is 8.81. The Morgan fingerprint density at radius 3 is 2.06 bits per heavy atom. The summed E-state index contributed by atoms with van der Waals surface area (Å²) in [6.45, 7) is 1.89. The highest BCUT2D eigenvalue weighted by Crippen LogP contribution is 2.19. The van der Waals surface area contributed by atoms with E-state index in [4.69, 9.17) is 0 Å². The number of amides is 2. The van der Waals surface area contributed by atoms with Crippen molar-refractivity contribution < 1.29 is 18.0 Å². The minimum Gasteiger partial charge on any atom is -0.345 e. The summed E-state index contributed by atoms with van der Waals surface area (Å²) in [7, 11) is -3.40. The molecule has 2 amide bonds. The fourth-order valence-corrected chi connectivity index (χ4v) is 3.55. The van der Waals surface area contributed by atoms with Gasteiger partial charge in [-0.3, -0.25) is 14.3 Å². The summed E-state index contributed by atoms with van der Waals surface area (Å²) in [6.07, 6.45) is 1.05. The molecule has 0 radical (unpaired) electrons. The minimum atomic E-state index is -3.40. The van der Waals surface area contributed by atoms with Crippen LogP contribution < -0.4 is 15.4 Å². The summed E-state index contributed by atoms with van der Waals surface area (Å²) < 4.78 is 24.9. The number of benzene rings is 3. The van der Waals surface area contributed by atoms with Crippen molar-refractivity contribution in [3.63, 3.8) is 0 Å². The van der Waals surface area contributed by atoms with Crippen LogP contribution in [-0.4, -0.2) is 26.5 Å². The number of nitrogens with one attached hydrogen (secondary N) is 3. The molecule has 0 heterocycles. The van der Waals surface area contributed by atoms with E-state index >= 15 is 0 Å². The number of rotatable bonds is 7. The Labute approximate surface area is 181 Å². The monoisotopic (exact) mass is 437 g/mol. The van der Waals surface area contributed by atoms with Crippen LogP contribution >= 0.6 is 0 Å². The molecule has 3 rings (SSSR count). The molecule has 0 unspecified atom stereocenters. The zero-order valence-corrected chi connectivity index (χ0v) is 17.9. The van der Waals surface area contributed by atoms with Gasteiger partial charge in [-0.15, -0.1) is 0 Å². The summed E-state index contributed by atoms with van der Waals surface area (Å²) in [6, 6.07) is 22.1. The van der Waals surface area contributed by atoms with E-state index in [1.807, 2.05) is 37.3 Å². The van der Waals surface area contributed by atoms with Gasteiger partial charge in [0.15, 0.2) is 0 Å². The first-order valence-corrected chi connectivity index (χ1v) is 11.5. The van der Waals surface area contributed by atoms with E-state index in [0.717, 1.165) is 11.8 Å². The largest absolute Gasteiger partial charge is 0.345 e. The van der Waals surface area contributed by atoms with Crippen molar-refractivity contribution in [2.45, 2.75) is 13.0 Å². The number of carbonyl (C=O) groups is 2. The van der Waals surface area contributed by atoms with E-state index in [9.17, 15) is 18.0 Å². The van der Waals surface area contributed by atoms with Crippen molar-refractivity contribution in [1.82, 2.24) is 5.32 Å². The first kappa shape index (κ1) is 22.0. The Bertz CT molecular complexity index is 1180. The van der Waals surface area contributed by atoms with Gasteiger partial charge in [0.05, 0.1) is 23.5 Å². The lowest BCUT2D eigenvalue weighted by Gasteiger charge is -2.16. The predicted molar refractivity (Wildman–Crippen MR) is 122 cm³/mol. The molecule has 160 valence electrons. The van der Waals surface area contributed by atoms with Crippen LogP contribution in [0.15, 0.2) is 78.9 Å². The van der Waals surface area contributed by atoms with Crippen molar-refractivity contribution in [3.05, 3.63) is 95.6 Å². The molecule has 0 aliphatic carbocycles. The van der Waals surface area contributed by atoms with Gasteiger partial charge < -0.3 is 10.6 Å². The second kappa shape index (κ2) is 9.44. The van der Waals surface area contributed by atoms with Gasteiger partial charge in [0.25, 0.3) is 11.8 Å². The summed E-state index contributed by atoms with van der Waals surface area (Å²) >= 11 is 0. The maximum atomic E-state index is 12.8. The number of anilines is 2. The van der Waals surface area contributed by atoms with Gasteiger partial charge in [-0.2, -0.15) is 0 Å². The van der Waals surface area contributed by atoms with Crippen LogP contribution in [0.5, 0.6) is 0 Å². The second-order valence-electron chi connectivity index (χ2n) is 7.06. The molecule has 0 spiro atoms. The van der Waals surface area contributed by atoms with E-state index in [1.54, 1.807) is 24.3 Å². The molecule has 3 aromatic rings. The fourth-order valence-electron chi connectivity index (χ4n) is 2.99. The topological polar surface area (TPSA) is 104 Å². The van der Waals surface area contributed by atoms with E-state index in [1.165, 1.54) is 24.3 Å². The van der Waals surface area contributed by atoms with Gasteiger partial charge >= 0.3 is 0 Å². The lowest BCUT2D eigenvalue weighted by Crippen LogP contribution is -2.28. The zero-order valence-electron chi connectivity index (χ0n) is 17.1. The van der Waals surface area contributed by atoms with Crippen LogP contribution in [0.4, 0.5) is 11.4 Å². The number of para-hydroxylation sites is 1. The molecule has 31 heavy (non-hydrogen) atoms. The molecule has 0 aliphatic rings. The van der Waals surface area contributed by atoms with Gasteiger partial charge in [-0.25, -0.2) is 8.42 Å². The molecule has 0 aromatic heterocycles. The summed E-state index contributed by atoms with van der Waals surface area (Å²) in [5.74, 6) is -0.720.